The Bertz CT molecular complexity index is 1200. The lowest BCUT2D eigenvalue weighted by molar-refractivity contribution is -0.116. The largest absolute Gasteiger partial charge is 0.337 e. The standard InChI is InChI=1S/C23H19N5O2/c29-22(26-19-6-2-1-3-7-19)16-28-15-18(20-8-4-5-9-21(20)28)14-25-27-23(30)17-10-12-24-13-11-17/h1-15H,16H2,(H,26,29)(H,27,30). The highest BCUT2D eigenvalue weighted by molar-refractivity contribution is 6.01. The van der Waals surface area contributed by atoms with Crippen molar-refractivity contribution in [2.24, 2.45) is 5.10 Å². The average molecular weight is 397 g/mol. The summed E-state index contributed by atoms with van der Waals surface area (Å²) in [6.45, 7) is 0.159. The number of rotatable bonds is 6. The minimum Gasteiger partial charge on any atom is -0.337 e. The third-order valence-corrected chi connectivity index (χ3v) is 4.50. The van der Waals surface area contributed by atoms with Crippen LogP contribution in [0.5, 0.6) is 0 Å². The van der Waals surface area contributed by atoms with Crippen LogP contribution in [-0.2, 0) is 11.3 Å². The predicted octanol–water partition coefficient (Wildman–Crippen LogP) is 3.44. The molecule has 2 aromatic carbocycles. The molecule has 0 aliphatic rings. The molecule has 0 radical (unpaired) electrons. The van der Waals surface area contributed by atoms with Gasteiger partial charge in [0.25, 0.3) is 5.91 Å². The molecular weight excluding hydrogens is 378 g/mol. The van der Waals surface area contributed by atoms with E-state index in [0.717, 1.165) is 22.2 Å². The molecule has 0 aliphatic carbocycles. The number of hydrazone groups is 1. The summed E-state index contributed by atoms with van der Waals surface area (Å²) in [5.41, 5.74) is 5.44. The molecule has 0 aliphatic heterocycles. The maximum Gasteiger partial charge on any atom is 0.271 e. The number of carbonyl (C=O) groups is 2. The number of nitrogens with zero attached hydrogens (tertiary/aromatic N) is 3. The van der Waals surface area contributed by atoms with E-state index >= 15 is 0 Å². The first-order valence-electron chi connectivity index (χ1n) is 9.37. The van der Waals surface area contributed by atoms with E-state index in [1.54, 1.807) is 30.7 Å². The molecule has 0 fully saturated rings. The Balaban J connectivity index is 1.50. The molecule has 4 rings (SSSR count). The first-order chi connectivity index (χ1) is 14.7. The minimum atomic E-state index is -0.320. The smallest absolute Gasteiger partial charge is 0.271 e. The number of amides is 2. The van der Waals surface area contributed by atoms with Crippen LogP contribution in [-0.4, -0.2) is 27.6 Å². The molecule has 4 aromatic rings. The van der Waals surface area contributed by atoms with Crippen molar-refractivity contribution in [2.45, 2.75) is 6.54 Å². The zero-order valence-electron chi connectivity index (χ0n) is 16.0. The zero-order chi connectivity index (χ0) is 20.8. The Hall–Kier alpha value is -4.26. The Morgan fingerprint density at radius 3 is 2.50 bits per heavy atom. The molecule has 0 atom stereocenters. The number of pyridine rings is 1. The van der Waals surface area contributed by atoms with Crippen LogP contribution >= 0.6 is 0 Å². The van der Waals surface area contributed by atoms with Gasteiger partial charge >= 0.3 is 0 Å². The van der Waals surface area contributed by atoms with Crippen LogP contribution in [0.3, 0.4) is 0 Å². The summed E-state index contributed by atoms with van der Waals surface area (Å²) in [6.07, 6.45) is 6.52. The highest BCUT2D eigenvalue weighted by Gasteiger charge is 2.10. The van der Waals surface area contributed by atoms with Gasteiger partial charge in [-0.2, -0.15) is 5.10 Å². The topological polar surface area (TPSA) is 88.4 Å². The van der Waals surface area contributed by atoms with Crippen molar-refractivity contribution in [2.75, 3.05) is 5.32 Å². The van der Waals surface area contributed by atoms with Crippen molar-refractivity contribution in [1.29, 1.82) is 0 Å². The van der Waals surface area contributed by atoms with Gasteiger partial charge in [0.1, 0.15) is 6.54 Å². The molecule has 0 unspecified atom stereocenters. The molecule has 148 valence electrons. The molecule has 7 nitrogen and oxygen atoms in total. The summed E-state index contributed by atoms with van der Waals surface area (Å²) in [5, 5.41) is 7.89. The molecule has 0 saturated heterocycles. The summed E-state index contributed by atoms with van der Waals surface area (Å²) in [7, 11) is 0. The third kappa shape index (κ3) is 4.41. The van der Waals surface area contributed by atoms with Crippen LogP contribution in [0.25, 0.3) is 10.9 Å². The van der Waals surface area contributed by atoms with Gasteiger partial charge < -0.3 is 9.88 Å². The van der Waals surface area contributed by atoms with Gasteiger partial charge in [-0.15, -0.1) is 0 Å². The van der Waals surface area contributed by atoms with Gasteiger partial charge in [-0.1, -0.05) is 36.4 Å². The monoisotopic (exact) mass is 397 g/mol. The van der Waals surface area contributed by atoms with Crippen molar-refractivity contribution in [3.63, 3.8) is 0 Å². The molecule has 7 heteroatoms. The van der Waals surface area contributed by atoms with Crippen molar-refractivity contribution in [3.05, 3.63) is 96.4 Å². The van der Waals surface area contributed by atoms with E-state index in [2.05, 4.69) is 20.8 Å². The quantitative estimate of drug-likeness (QED) is 0.386. The lowest BCUT2D eigenvalue weighted by atomic mass is 10.2. The normalized spacial score (nSPS) is 10.9. The summed E-state index contributed by atoms with van der Waals surface area (Å²) in [6, 6.07) is 20.3. The second-order valence-corrected chi connectivity index (χ2v) is 6.58. The maximum atomic E-state index is 12.5. The van der Waals surface area contributed by atoms with E-state index in [0.29, 0.717) is 5.56 Å². The number of para-hydroxylation sites is 2. The lowest BCUT2D eigenvalue weighted by Gasteiger charge is -2.07. The number of carbonyl (C=O) groups excluding carboxylic acids is 2. The van der Waals surface area contributed by atoms with Crippen LogP contribution < -0.4 is 10.7 Å². The first-order valence-corrected chi connectivity index (χ1v) is 9.37. The van der Waals surface area contributed by atoms with Gasteiger partial charge in [0.15, 0.2) is 0 Å². The Morgan fingerprint density at radius 2 is 1.70 bits per heavy atom. The number of anilines is 1. The number of benzene rings is 2. The molecule has 2 amide bonds. The highest BCUT2D eigenvalue weighted by Crippen LogP contribution is 2.20. The number of hydrogen-bond acceptors (Lipinski definition) is 4. The van der Waals surface area contributed by atoms with E-state index in [9.17, 15) is 9.59 Å². The van der Waals surface area contributed by atoms with E-state index in [1.807, 2.05) is 65.4 Å². The number of fused-ring (bicyclic) bond motifs is 1. The highest BCUT2D eigenvalue weighted by atomic mass is 16.2. The minimum absolute atomic E-state index is 0.128. The van der Waals surface area contributed by atoms with Crippen molar-refractivity contribution >= 4 is 34.6 Å². The van der Waals surface area contributed by atoms with E-state index in [1.165, 1.54) is 0 Å². The van der Waals surface area contributed by atoms with Gasteiger partial charge in [-0.3, -0.25) is 14.6 Å². The molecular formula is C23H19N5O2. The predicted molar refractivity (Wildman–Crippen MR) is 116 cm³/mol. The van der Waals surface area contributed by atoms with Gasteiger partial charge in [-0.25, -0.2) is 5.43 Å². The van der Waals surface area contributed by atoms with Gasteiger partial charge in [0, 0.05) is 46.3 Å². The van der Waals surface area contributed by atoms with Crippen LogP contribution in [0.2, 0.25) is 0 Å². The Kier molecular flexibility index (Phi) is 5.61. The Morgan fingerprint density at radius 1 is 0.967 bits per heavy atom. The fourth-order valence-electron chi connectivity index (χ4n) is 3.11. The zero-order valence-corrected chi connectivity index (χ0v) is 16.0. The molecule has 30 heavy (non-hydrogen) atoms. The van der Waals surface area contributed by atoms with E-state index < -0.39 is 0 Å². The van der Waals surface area contributed by atoms with Crippen LogP contribution in [0.4, 0.5) is 5.69 Å². The van der Waals surface area contributed by atoms with E-state index in [-0.39, 0.29) is 18.4 Å². The van der Waals surface area contributed by atoms with Crippen LogP contribution in [0.1, 0.15) is 15.9 Å². The number of hydrogen-bond donors (Lipinski definition) is 2. The fraction of sp³-hybridized carbons (Fsp3) is 0.0435. The van der Waals surface area contributed by atoms with Gasteiger partial charge in [-0.05, 0) is 30.3 Å². The second kappa shape index (κ2) is 8.83. The molecule has 2 aromatic heterocycles. The third-order valence-electron chi connectivity index (χ3n) is 4.50. The van der Waals surface area contributed by atoms with Crippen molar-refractivity contribution in [3.8, 4) is 0 Å². The second-order valence-electron chi connectivity index (χ2n) is 6.58. The summed E-state index contributed by atoms with van der Waals surface area (Å²) < 4.78 is 1.86. The lowest BCUT2D eigenvalue weighted by Crippen LogP contribution is -2.18. The molecule has 0 spiro atoms. The molecule has 2 N–H and O–H groups in total. The molecule has 0 saturated carbocycles. The summed E-state index contributed by atoms with van der Waals surface area (Å²) in [5.74, 6) is -0.448. The van der Waals surface area contributed by atoms with Crippen LogP contribution in [0, 0.1) is 0 Å². The maximum absolute atomic E-state index is 12.5. The summed E-state index contributed by atoms with van der Waals surface area (Å²) >= 11 is 0. The van der Waals surface area contributed by atoms with Gasteiger partial charge in [0.2, 0.25) is 5.91 Å². The fourth-order valence-corrected chi connectivity index (χ4v) is 3.11. The molecule has 2 heterocycles. The van der Waals surface area contributed by atoms with Crippen molar-refractivity contribution in [1.82, 2.24) is 15.0 Å². The van der Waals surface area contributed by atoms with Crippen LogP contribution in [0.15, 0.2) is 90.4 Å². The number of aromatic nitrogens is 2. The van der Waals surface area contributed by atoms with Crippen molar-refractivity contribution < 1.29 is 9.59 Å². The Labute approximate surface area is 173 Å². The average Bonchev–Trinajstić information content (AvgIpc) is 3.12. The number of nitrogens with one attached hydrogen (secondary N) is 2. The SMILES string of the molecule is O=C(Cn1cc(C=NNC(=O)c2ccncc2)c2ccccc21)Nc1ccccc1. The van der Waals surface area contributed by atoms with E-state index in [4.69, 9.17) is 0 Å². The molecule has 0 bridgehead atoms. The van der Waals surface area contributed by atoms with Gasteiger partial charge in [0.05, 0.1) is 6.21 Å². The summed E-state index contributed by atoms with van der Waals surface area (Å²) in [4.78, 5) is 28.5. The first kappa shape index (κ1) is 19.1.